The van der Waals surface area contributed by atoms with Crippen LogP contribution in [-0.4, -0.2) is 4.98 Å². The molecule has 0 radical (unpaired) electrons. The molecule has 3 rings (SSSR count). The fraction of sp³-hybridized carbons (Fsp3) is 0.0556. The number of nitrogens with zero attached hydrogens (tertiary/aromatic N) is 1. The number of aromatic nitrogens is 1. The van der Waals surface area contributed by atoms with Crippen LogP contribution < -0.4 is 0 Å². The minimum atomic E-state index is -0.492. The molecule has 0 spiro atoms. The van der Waals surface area contributed by atoms with Crippen LogP contribution in [-0.2, 0) is 0 Å². The van der Waals surface area contributed by atoms with Crippen molar-refractivity contribution in [2.45, 2.75) is 10.1 Å². The summed E-state index contributed by atoms with van der Waals surface area (Å²) in [7, 11) is 0. The summed E-state index contributed by atoms with van der Waals surface area (Å²) in [5.41, 5.74) is 0.983. The van der Waals surface area contributed by atoms with E-state index in [1.54, 1.807) is 30.5 Å². The first kappa shape index (κ1) is 17.2. The summed E-state index contributed by atoms with van der Waals surface area (Å²) in [6.45, 7) is 0. The standard InChI is InChI=1S/C18H11Cl2F2NS/c19-12-1-4-14(5-2-12)24-18(11-7-8-23-17(20)9-11)15-10-13(21)3-6-16(15)22/h1-10,18H. The molecule has 0 aliphatic rings. The maximum atomic E-state index is 14.3. The summed E-state index contributed by atoms with van der Waals surface area (Å²) < 4.78 is 28.0. The van der Waals surface area contributed by atoms with Gasteiger partial charge in [0, 0.05) is 21.7 Å². The van der Waals surface area contributed by atoms with Crippen LogP contribution in [0.4, 0.5) is 8.78 Å². The van der Waals surface area contributed by atoms with Crippen LogP contribution in [0, 0.1) is 11.6 Å². The minimum absolute atomic E-state index is 0.247. The van der Waals surface area contributed by atoms with E-state index in [9.17, 15) is 8.78 Å². The van der Waals surface area contributed by atoms with Gasteiger partial charge in [-0.2, -0.15) is 0 Å². The van der Waals surface area contributed by atoms with E-state index < -0.39 is 16.9 Å². The van der Waals surface area contributed by atoms with Crippen molar-refractivity contribution in [3.05, 3.63) is 93.7 Å². The predicted octanol–water partition coefficient (Wildman–Crippen LogP) is 6.55. The second kappa shape index (κ2) is 7.51. The molecule has 1 nitrogen and oxygen atoms in total. The Hall–Kier alpha value is -1.62. The van der Waals surface area contributed by atoms with Crippen molar-refractivity contribution in [1.29, 1.82) is 0 Å². The second-order valence-electron chi connectivity index (χ2n) is 5.03. The molecule has 0 aliphatic carbocycles. The summed E-state index contributed by atoms with van der Waals surface area (Å²) in [6, 6.07) is 14.0. The molecular formula is C18H11Cl2F2NS. The molecule has 3 aromatic rings. The third-order valence-electron chi connectivity index (χ3n) is 3.36. The number of rotatable bonds is 4. The van der Waals surface area contributed by atoms with Gasteiger partial charge in [-0.3, -0.25) is 0 Å². The molecule has 24 heavy (non-hydrogen) atoms. The fourth-order valence-electron chi connectivity index (χ4n) is 2.26. The van der Waals surface area contributed by atoms with Crippen LogP contribution in [0.1, 0.15) is 16.4 Å². The highest BCUT2D eigenvalue weighted by Crippen LogP contribution is 2.42. The van der Waals surface area contributed by atoms with E-state index in [1.165, 1.54) is 17.8 Å². The number of hydrogen-bond donors (Lipinski definition) is 0. The van der Waals surface area contributed by atoms with E-state index in [4.69, 9.17) is 23.2 Å². The van der Waals surface area contributed by atoms with Crippen LogP contribution in [0.15, 0.2) is 65.7 Å². The fourth-order valence-corrected chi connectivity index (χ4v) is 3.72. The van der Waals surface area contributed by atoms with Crippen molar-refractivity contribution < 1.29 is 8.78 Å². The summed E-state index contributed by atoms with van der Waals surface area (Å²) in [6.07, 6.45) is 1.55. The third-order valence-corrected chi connectivity index (χ3v) is 5.13. The molecule has 1 heterocycles. The van der Waals surface area contributed by atoms with Crippen LogP contribution in [0.5, 0.6) is 0 Å². The predicted molar refractivity (Wildman–Crippen MR) is 94.8 cm³/mol. The van der Waals surface area contributed by atoms with Gasteiger partial charge in [0.25, 0.3) is 0 Å². The topological polar surface area (TPSA) is 12.9 Å². The highest BCUT2D eigenvalue weighted by atomic mass is 35.5. The average molecular weight is 382 g/mol. The molecule has 1 aromatic heterocycles. The largest absolute Gasteiger partial charge is 0.245 e. The molecule has 2 aromatic carbocycles. The van der Waals surface area contributed by atoms with Gasteiger partial charge in [-0.1, -0.05) is 23.2 Å². The Kier molecular flexibility index (Phi) is 5.39. The van der Waals surface area contributed by atoms with Gasteiger partial charge in [-0.25, -0.2) is 13.8 Å². The highest BCUT2D eigenvalue weighted by Gasteiger charge is 2.21. The zero-order valence-electron chi connectivity index (χ0n) is 12.2. The van der Waals surface area contributed by atoms with Crippen molar-refractivity contribution in [3.63, 3.8) is 0 Å². The van der Waals surface area contributed by atoms with Crippen molar-refractivity contribution in [1.82, 2.24) is 4.98 Å². The molecule has 6 heteroatoms. The number of pyridine rings is 1. The van der Waals surface area contributed by atoms with Crippen molar-refractivity contribution in [3.8, 4) is 0 Å². The smallest absolute Gasteiger partial charge is 0.129 e. The molecule has 0 aliphatic heterocycles. The molecule has 1 atom stereocenters. The Morgan fingerprint density at radius 1 is 0.917 bits per heavy atom. The average Bonchev–Trinajstić information content (AvgIpc) is 2.57. The number of halogens is 4. The van der Waals surface area contributed by atoms with Gasteiger partial charge >= 0.3 is 0 Å². The van der Waals surface area contributed by atoms with Gasteiger partial charge in [0.2, 0.25) is 0 Å². The van der Waals surface area contributed by atoms with Gasteiger partial charge in [0.05, 0.1) is 5.25 Å². The third kappa shape index (κ3) is 4.07. The van der Waals surface area contributed by atoms with E-state index in [2.05, 4.69) is 4.98 Å². The molecule has 122 valence electrons. The summed E-state index contributed by atoms with van der Waals surface area (Å²) >= 11 is 13.3. The molecule has 1 unspecified atom stereocenters. The normalized spacial score (nSPS) is 12.2. The molecule has 0 saturated carbocycles. The van der Waals surface area contributed by atoms with Crippen LogP contribution in [0.3, 0.4) is 0 Å². The SMILES string of the molecule is Fc1ccc(F)c(C(Sc2ccc(Cl)cc2)c2ccnc(Cl)c2)c1. The monoisotopic (exact) mass is 381 g/mol. The summed E-state index contributed by atoms with van der Waals surface area (Å²) in [5, 5.41) is 0.438. The number of benzene rings is 2. The zero-order chi connectivity index (χ0) is 17.1. The molecular weight excluding hydrogens is 371 g/mol. The first-order valence-electron chi connectivity index (χ1n) is 7.01. The van der Waals surface area contributed by atoms with Gasteiger partial charge in [0.15, 0.2) is 0 Å². The Morgan fingerprint density at radius 3 is 2.38 bits per heavy atom. The first-order valence-corrected chi connectivity index (χ1v) is 8.65. The summed E-state index contributed by atoms with van der Waals surface area (Å²) in [4.78, 5) is 4.82. The van der Waals surface area contributed by atoms with Gasteiger partial charge in [-0.05, 0) is 60.2 Å². The minimum Gasteiger partial charge on any atom is -0.245 e. The van der Waals surface area contributed by atoms with E-state index >= 15 is 0 Å². The lowest BCUT2D eigenvalue weighted by Crippen LogP contribution is -2.01. The van der Waals surface area contributed by atoms with E-state index in [0.717, 1.165) is 22.6 Å². The highest BCUT2D eigenvalue weighted by molar-refractivity contribution is 7.99. The van der Waals surface area contributed by atoms with Crippen molar-refractivity contribution in [2.24, 2.45) is 0 Å². The lowest BCUT2D eigenvalue weighted by molar-refractivity contribution is 0.587. The maximum absolute atomic E-state index is 14.3. The van der Waals surface area contributed by atoms with Crippen molar-refractivity contribution in [2.75, 3.05) is 0 Å². The van der Waals surface area contributed by atoms with E-state index in [0.29, 0.717) is 10.2 Å². The molecule has 0 fully saturated rings. The van der Waals surface area contributed by atoms with Crippen molar-refractivity contribution >= 4 is 35.0 Å². The Bertz CT molecular complexity index is 856. The van der Waals surface area contributed by atoms with E-state index in [-0.39, 0.29) is 5.56 Å². The number of thioether (sulfide) groups is 1. The van der Waals surface area contributed by atoms with Gasteiger partial charge < -0.3 is 0 Å². The molecule has 0 saturated heterocycles. The van der Waals surface area contributed by atoms with Crippen LogP contribution in [0.25, 0.3) is 0 Å². The first-order chi connectivity index (χ1) is 11.5. The number of hydrogen-bond acceptors (Lipinski definition) is 2. The van der Waals surface area contributed by atoms with Gasteiger partial charge in [-0.15, -0.1) is 11.8 Å². The zero-order valence-corrected chi connectivity index (χ0v) is 14.5. The quantitative estimate of drug-likeness (QED) is 0.375. The van der Waals surface area contributed by atoms with Crippen LogP contribution >= 0.6 is 35.0 Å². The maximum Gasteiger partial charge on any atom is 0.129 e. The van der Waals surface area contributed by atoms with E-state index in [1.807, 2.05) is 12.1 Å². The Labute approximate surface area is 152 Å². The van der Waals surface area contributed by atoms with Crippen LogP contribution in [0.2, 0.25) is 10.2 Å². The molecule has 0 bridgehead atoms. The molecule has 0 N–H and O–H groups in total. The molecule has 0 amide bonds. The Morgan fingerprint density at radius 2 is 1.67 bits per heavy atom. The second-order valence-corrected chi connectivity index (χ2v) is 7.03. The lowest BCUT2D eigenvalue weighted by Gasteiger charge is -2.18. The Balaban J connectivity index is 2.06. The van der Waals surface area contributed by atoms with Gasteiger partial charge in [0.1, 0.15) is 16.8 Å². The lowest BCUT2D eigenvalue weighted by atomic mass is 10.0. The summed E-state index contributed by atoms with van der Waals surface area (Å²) in [5.74, 6) is -0.968.